The molecule has 8 nitrogen and oxygen atoms in total. The van der Waals surface area contributed by atoms with E-state index in [1.807, 2.05) is 35.2 Å². The summed E-state index contributed by atoms with van der Waals surface area (Å²) in [6.45, 7) is 2.41. The summed E-state index contributed by atoms with van der Waals surface area (Å²) >= 11 is 0. The van der Waals surface area contributed by atoms with Crippen LogP contribution >= 0.6 is 0 Å². The van der Waals surface area contributed by atoms with Crippen molar-refractivity contribution < 1.29 is 14.3 Å². The van der Waals surface area contributed by atoms with Crippen molar-refractivity contribution in [1.29, 1.82) is 0 Å². The molecule has 1 unspecified atom stereocenters. The van der Waals surface area contributed by atoms with Crippen molar-refractivity contribution in [3.8, 4) is 11.5 Å². The smallest absolute Gasteiger partial charge is 0.254 e. The number of nitrogens with zero attached hydrogens (tertiary/aromatic N) is 4. The molecule has 4 heterocycles. The number of fused-ring (bicyclic) bond motifs is 1. The molecule has 158 valence electrons. The fourth-order valence-electron chi connectivity index (χ4n) is 4.01. The summed E-state index contributed by atoms with van der Waals surface area (Å²) in [4.78, 5) is 28.1. The van der Waals surface area contributed by atoms with Crippen LogP contribution in [0.2, 0.25) is 0 Å². The Bertz CT molecular complexity index is 1080. The van der Waals surface area contributed by atoms with Crippen molar-refractivity contribution in [3.05, 3.63) is 66.2 Å². The van der Waals surface area contributed by atoms with Gasteiger partial charge >= 0.3 is 0 Å². The molecule has 0 spiro atoms. The summed E-state index contributed by atoms with van der Waals surface area (Å²) in [7, 11) is 0. The van der Waals surface area contributed by atoms with Gasteiger partial charge in [0.15, 0.2) is 11.5 Å². The van der Waals surface area contributed by atoms with Gasteiger partial charge in [-0.15, -0.1) is 0 Å². The van der Waals surface area contributed by atoms with Crippen molar-refractivity contribution in [1.82, 2.24) is 19.9 Å². The van der Waals surface area contributed by atoms with Gasteiger partial charge in [-0.2, -0.15) is 0 Å². The minimum Gasteiger partial charge on any atom is -0.486 e. The second-order valence-electron chi connectivity index (χ2n) is 7.61. The molecule has 3 aromatic rings. The SMILES string of the molecule is O=C(c1ccc2c(c1)OCCO2)N1CCCC(c2cccc(Nc3cnccn3)n2)C1. The van der Waals surface area contributed by atoms with Crippen LogP contribution in [0.4, 0.5) is 11.6 Å². The van der Waals surface area contributed by atoms with Gasteiger partial charge in [-0.3, -0.25) is 9.78 Å². The minimum atomic E-state index is 0.00973. The summed E-state index contributed by atoms with van der Waals surface area (Å²) in [5.41, 5.74) is 1.59. The van der Waals surface area contributed by atoms with Crippen molar-refractivity contribution in [2.75, 3.05) is 31.6 Å². The average molecular weight is 417 g/mol. The normalized spacial score (nSPS) is 17.8. The zero-order valence-electron chi connectivity index (χ0n) is 17.0. The number of carbonyl (C=O) groups excluding carboxylic acids is 1. The zero-order valence-corrected chi connectivity index (χ0v) is 17.0. The van der Waals surface area contributed by atoms with Gasteiger partial charge < -0.3 is 19.7 Å². The van der Waals surface area contributed by atoms with Gasteiger partial charge in [0.25, 0.3) is 5.91 Å². The molecule has 2 aliphatic heterocycles. The predicted molar refractivity (Wildman–Crippen MR) is 115 cm³/mol. The van der Waals surface area contributed by atoms with Crippen LogP contribution in [0.25, 0.3) is 0 Å². The molecule has 1 saturated heterocycles. The molecule has 1 aromatic carbocycles. The number of nitrogens with one attached hydrogen (secondary N) is 1. The van der Waals surface area contributed by atoms with E-state index in [-0.39, 0.29) is 11.8 Å². The molecule has 8 heteroatoms. The second-order valence-corrected chi connectivity index (χ2v) is 7.61. The van der Waals surface area contributed by atoms with E-state index in [2.05, 4.69) is 15.3 Å². The van der Waals surface area contributed by atoms with Crippen LogP contribution in [0, 0.1) is 0 Å². The fourth-order valence-corrected chi connectivity index (χ4v) is 4.01. The molecule has 2 aromatic heterocycles. The molecule has 1 N–H and O–H groups in total. The van der Waals surface area contributed by atoms with Crippen molar-refractivity contribution in [2.24, 2.45) is 0 Å². The van der Waals surface area contributed by atoms with Crippen LogP contribution in [0.1, 0.15) is 34.8 Å². The Kier molecular flexibility index (Phi) is 5.35. The van der Waals surface area contributed by atoms with Gasteiger partial charge in [-0.05, 0) is 43.2 Å². The third kappa shape index (κ3) is 4.28. The molecular formula is C23H23N5O3. The number of benzene rings is 1. The van der Waals surface area contributed by atoms with Gasteiger partial charge in [0.05, 0.1) is 6.20 Å². The third-order valence-electron chi connectivity index (χ3n) is 5.51. The lowest BCUT2D eigenvalue weighted by Crippen LogP contribution is -2.39. The lowest BCUT2D eigenvalue weighted by atomic mass is 9.93. The maximum Gasteiger partial charge on any atom is 0.254 e. The zero-order chi connectivity index (χ0) is 21.0. The largest absolute Gasteiger partial charge is 0.486 e. The Morgan fingerprint density at radius 1 is 1.06 bits per heavy atom. The quantitative estimate of drug-likeness (QED) is 0.696. The Morgan fingerprint density at radius 3 is 2.84 bits per heavy atom. The van der Waals surface area contributed by atoms with Crippen LogP contribution in [0.3, 0.4) is 0 Å². The van der Waals surface area contributed by atoms with Crippen molar-refractivity contribution >= 4 is 17.5 Å². The van der Waals surface area contributed by atoms with E-state index in [0.717, 1.165) is 25.1 Å². The van der Waals surface area contributed by atoms with Crippen molar-refractivity contribution in [3.63, 3.8) is 0 Å². The van der Waals surface area contributed by atoms with Crippen LogP contribution in [0.5, 0.6) is 11.5 Å². The topological polar surface area (TPSA) is 89.5 Å². The van der Waals surface area contributed by atoms with Crippen LogP contribution in [-0.4, -0.2) is 52.1 Å². The van der Waals surface area contributed by atoms with E-state index < -0.39 is 0 Å². The Morgan fingerprint density at radius 2 is 1.97 bits per heavy atom. The standard InChI is InChI=1S/C23H23N5O3/c29-23(16-6-7-19-20(13-16)31-12-11-30-19)28-10-2-3-17(15-28)18-4-1-5-21(26-18)27-22-14-24-8-9-25-22/h1,4-9,13-14,17H,2-3,10-12,15H2,(H,25,26,27). The number of ether oxygens (including phenoxy) is 2. The molecule has 31 heavy (non-hydrogen) atoms. The first kappa shape index (κ1) is 19.3. The van der Waals surface area contributed by atoms with Gasteiger partial charge in [0.2, 0.25) is 0 Å². The molecule has 0 bridgehead atoms. The van der Waals surface area contributed by atoms with Crippen LogP contribution in [0.15, 0.2) is 55.0 Å². The van der Waals surface area contributed by atoms with E-state index in [4.69, 9.17) is 14.5 Å². The highest BCUT2D eigenvalue weighted by atomic mass is 16.6. The first-order chi connectivity index (χ1) is 15.3. The molecule has 1 amide bonds. The Hall–Kier alpha value is -3.68. The number of likely N-dealkylation sites (tertiary alicyclic amines) is 1. The van der Waals surface area contributed by atoms with E-state index in [0.29, 0.717) is 48.5 Å². The third-order valence-corrected chi connectivity index (χ3v) is 5.51. The van der Waals surface area contributed by atoms with Gasteiger partial charge in [-0.1, -0.05) is 6.07 Å². The molecule has 0 saturated carbocycles. The second kappa shape index (κ2) is 8.59. The molecule has 1 atom stereocenters. The number of rotatable bonds is 4. The molecule has 1 fully saturated rings. The monoisotopic (exact) mass is 417 g/mol. The first-order valence-electron chi connectivity index (χ1n) is 10.5. The number of piperidine rings is 1. The molecule has 0 radical (unpaired) electrons. The molecule has 5 rings (SSSR count). The number of aromatic nitrogens is 3. The number of anilines is 2. The van der Waals surface area contributed by atoms with Crippen molar-refractivity contribution in [2.45, 2.75) is 18.8 Å². The van der Waals surface area contributed by atoms with E-state index in [1.54, 1.807) is 24.7 Å². The predicted octanol–water partition coefficient (Wildman–Crippen LogP) is 3.41. The van der Waals surface area contributed by atoms with Gasteiger partial charge in [0.1, 0.15) is 24.8 Å². The highest BCUT2D eigenvalue weighted by Gasteiger charge is 2.27. The number of hydrogen-bond acceptors (Lipinski definition) is 7. The molecule has 0 aliphatic carbocycles. The molecular weight excluding hydrogens is 394 g/mol. The minimum absolute atomic E-state index is 0.00973. The van der Waals surface area contributed by atoms with Crippen LogP contribution < -0.4 is 14.8 Å². The average Bonchev–Trinajstić information content (AvgIpc) is 2.84. The Labute approximate surface area is 180 Å². The summed E-state index contributed by atoms with van der Waals surface area (Å²) in [6.07, 6.45) is 6.85. The highest BCUT2D eigenvalue weighted by molar-refractivity contribution is 5.95. The van der Waals surface area contributed by atoms with E-state index in [9.17, 15) is 4.79 Å². The van der Waals surface area contributed by atoms with E-state index >= 15 is 0 Å². The summed E-state index contributed by atoms with van der Waals surface area (Å²) < 4.78 is 11.2. The Balaban J connectivity index is 1.30. The van der Waals surface area contributed by atoms with E-state index in [1.165, 1.54) is 0 Å². The number of carbonyl (C=O) groups is 1. The van der Waals surface area contributed by atoms with Gasteiger partial charge in [-0.25, -0.2) is 9.97 Å². The number of pyridine rings is 1. The van der Waals surface area contributed by atoms with Gasteiger partial charge in [0, 0.05) is 42.7 Å². The fraction of sp³-hybridized carbons (Fsp3) is 0.304. The van der Waals surface area contributed by atoms with Crippen LogP contribution in [-0.2, 0) is 0 Å². The maximum atomic E-state index is 13.2. The summed E-state index contributed by atoms with van der Waals surface area (Å²) in [6, 6.07) is 11.3. The summed E-state index contributed by atoms with van der Waals surface area (Å²) in [5.74, 6) is 2.87. The lowest BCUT2D eigenvalue weighted by Gasteiger charge is -2.33. The highest BCUT2D eigenvalue weighted by Crippen LogP contribution is 2.32. The number of amides is 1. The molecule has 2 aliphatic rings. The lowest BCUT2D eigenvalue weighted by molar-refractivity contribution is 0.0705. The summed E-state index contributed by atoms with van der Waals surface area (Å²) in [5, 5.41) is 3.18. The number of hydrogen-bond donors (Lipinski definition) is 1. The maximum absolute atomic E-state index is 13.2. The first-order valence-corrected chi connectivity index (χ1v) is 10.5.